The van der Waals surface area contributed by atoms with Crippen LogP contribution in [-0.4, -0.2) is 16.2 Å². The molecule has 0 amide bonds. The largest absolute Gasteiger partial charge is 0.365 e. The maximum atomic E-state index is 4.16. The predicted molar refractivity (Wildman–Crippen MR) is 62.0 cm³/mol. The molecule has 0 aliphatic heterocycles. The number of aromatic nitrogens is 2. The van der Waals surface area contributed by atoms with E-state index in [0.717, 1.165) is 29.5 Å². The summed E-state index contributed by atoms with van der Waals surface area (Å²) in [6.07, 6.45) is 6.27. The van der Waals surface area contributed by atoms with Crippen molar-refractivity contribution in [2.24, 2.45) is 23.7 Å². The van der Waals surface area contributed by atoms with Crippen LogP contribution in [0, 0.1) is 30.6 Å². The second-order valence-electron chi connectivity index (χ2n) is 5.78. The summed E-state index contributed by atoms with van der Waals surface area (Å²) in [5.74, 6) is 4.93. The quantitative estimate of drug-likeness (QED) is 0.822. The lowest BCUT2D eigenvalue weighted by Gasteiger charge is -2.10. The summed E-state index contributed by atoms with van der Waals surface area (Å²) < 4.78 is 0. The number of nitrogens with zero attached hydrogens (tertiary/aromatic N) is 2. The van der Waals surface area contributed by atoms with Gasteiger partial charge in [0.15, 0.2) is 0 Å². The highest BCUT2D eigenvalue weighted by molar-refractivity contribution is 5.40. The van der Waals surface area contributed by atoms with Crippen molar-refractivity contribution in [2.45, 2.75) is 32.2 Å². The molecule has 16 heavy (non-hydrogen) atoms. The minimum absolute atomic E-state index is 0.711. The SMILES string of the molecule is Cc1cnnc(NC2C3C4CCC(C4)C23)c1. The maximum Gasteiger partial charge on any atom is 0.149 e. The van der Waals surface area contributed by atoms with Crippen molar-refractivity contribution in [1.82, 2.24) is 10.2 Å². The maximum absolute atomic E-state index is 4.16. The van der Waals surface area contributed by atoms with Gasteiger partial charge in [0.25, 0.3) is 0 Å². The number of nitrogens with one attached hydrogen (secondary N) is 1. The van der Waals surface area contributed by atoms with Crippen LogP contribution in [-0.2, 0) is 0 Å². The van der Waals surface area contributed by atoms with Gasteiger partial charge in [0.05, 0.1) is 6.20 Å². The average molecular weight is 215 g/mol. The smallest absolute Gasteiger partial charge is 0.149 e. The molecule has 1 heterocycles. The van der Waals surface area contributed by atoms with E-state index in [-0.39, 0.29) is 0 Å². The molecule has 3 nitrogen and oxygen atoms in total. The lowest BCUT2D eigenvalue weighted by Crippen LogP contribution is -2.13. The standard InChI is InChI=1S/C13H17N3/c1-7-4-10(16-14-6-7)15-13-11-8-2-3-9(5-8)12(11)13/h4,6,8-9,11-13H,2-3,5H2,1H3,(H,15,16). The van der Waals surface area contributed by atoms with Crippen LogP contribution in [0.5, 0.6) is 0 Å². The molecule has 0 saturated heterocycles. The molecule has 3 aliphatic carbocycles. The van der Waals surface area contributed by atoms with E-state index in [1.165, 1.54) is 24.8 Å². The summed E-state index contributed by atoms with van der Waals surface area (Å²) in [6, 6.07) is 2.81. The zero-order chi connectivity index (χ0) is 10.7. The molecule has 2 bridgehead atoms. The fourth-order valence-corrected chi connectivity index (χ4v) is 4.22. The second kappa shape index (κ2) is 2.96. The van der Waals surface area contributed by atoms with Crippen molar-refractivity contribution in [3.05, 3.63) is 17.8 Å². The number of aryl methyl sites for hydroxylation is 1. The Hall–Kier alpha value is -1.12. The first-order valence-electron chi connectivity index (χ1n) is 6.39. The van der Waals surface area contributed by atoms with Gasteiger partial charge in [-0.1, -0.05) is 0 Å². The first-order valence-corrected chi connectivity index (χ1v) is 6.39. The van der Waals surface area contributed by atoms with Gasteiger partial charge in [-0.15, -0.1) is 5.10 Å². The summed E-state index contributed by atoms with van der Waals surface area (Å²) in [4.78, 5) is 0. The van der Waals surface area contributed by atoms with Gasteiger partial charge in [0.1, 0.15) is 5.82 Å². The highest BCUT2D eigenvalue weighted by atomic mass is 15.2. The Bertz CT molecular complexity index is 415. The lowest BCUT2D eigenvalue weighted by atomic mass is 10.0. The van der Waals surface area contributed by atoms with Crippen LogP contribution in [0.2, 0.25) is 0 Å². The molecule has 1 aromatic heterocycles. The number of hydrogen-bond donors (Lipinski definition) is 1. The first-order chi connectivity index (χ1) is 7.83. The average Bonchev–Trinajstić information content (AvgIpc) is 2.70. The van der Waals surface area contributed by atoms with Crippen LogP contribution in [0.15, 0.2) is 12.3 Å². The third-order valence-corrected chi connectivity index (χ3v) is 4.84. The predicted octanol–water partition coefficient (Wildman–Crippen LogP) is 2.24. The molecular formula is C13H17N3. The van der Waals surface area contributed by atoms with Gasteiger partial charge in [-0.05, 0) is 61.5 Å². The van der Waals surface area contributed by atoms with Crippen molar-refractivity contribution < 1.29 is 0 Å². The second-order valence-corrected chi connectivity index (χ2v) is 5.78. The Morgan fingerprint density at radius 2 is 2.00 bits per heavy atom. The lowest BCUT2D eigenvalue weighted by molar-refractivity contribution is 0.456. The fourth-order valence-electron chi connectivity index (χ4n) is 4.22. The summed E-state index contributed by atoms with van der Waals surface area (Å²) in [6.45, 7) is 2.07. The summed E-state index contributed by atoms with van der Waals surface area (Å²) in [7, 11) is 0. The van der Waals surface area contributed by atoms with E-state index in [9.17, 15) is 0 Å². The van der Waals surface area contributed by atoms with Gasteiger partial charge in [-0.25, -0.2) is 0 Å². The van der Waals surface area contributed by atoms with Crippen LogP contribution in [0.4, 0.5) is 5.82 Å². The van der Waals surface area contributed by atoms with Crippen LogP contribution in [0.1, 0.15) is 24.8 Å². The molecule has 1 N–H and O–H groups in total. The molecule has 84 valence electrons. The molecular weight excluding hydrogens is 198 g/mol. The van der Waals surface area contributed by atoms with Crippen LogP contribution >= 0.6 is 0 Å². The number of hydrogen-bond acceptors (Lipinski definition) is 3. The minimum atomic E-state index is 0.711. The van der Waals surface area contributed by atoms with Crippen LogP contribution < -0.4 is 5.32 Å². The molecule has 4 rings (SSSR count). The van der Waals surface area contributed by atoms with E-state index in [4.69, 9.17) is 0 Å². The highest BCUT2D eigenvalue weighted by Crippen LogP contribution is 2.66. The molecule has 0 spiro atoms. The van der Waals surface area contributed by atoms with Gasteiger partial charge in [0, 0.05) is 6.04 Å². The molecule has 3 saturated carbocycles. The Morgan fingerprint density at radius 3 is 2.69 bits per heavy atom. The van der Waals surface area contributed by atoms with E-state index in [1.54, 1.807) is 0 Å². The van der Waals surface area contributed by atoms with E-state index in [1.807, 2.05) is 6.20 Å². The summed E-state index contributed by atoms with van der Waals surface area (Å²) >= 11 is 0. The monoisotopic (exact) mass is 215 g/mol. The fraction of sp³-hybridized carbons (Fsp3) is 0.692. The topological polar surface area (TPSA) is 37.8 Å². The van der Waals surface area contributed by atoms with Crippen molar-refractivity contribution in [1.29, 1.82) is 0 Å². The number of anilines is 1. The zero-order valence-corrected chi connectivity index (χ0v) is 9.56. The van der Waals surface area contributed by atoms with Gasteiger partial charge >= 0.3 is 0 Å². The number of rotatable bonds is 2. The molecule has 4 atom stereocenters. The number of fused-ring (bicyclic) bond motifs is 5. The van der Waals surface area contributed by atoms with Crippen molar-refractivity contribution in [2.75, 3.05) is 5.32 Å². The molecule has 4 unspecified atom stereocenters. The van der Waals surface area contributed by atoms with Gasteiger partial charge in [0.2, 0.25) is 0 Å². The third kappa shape index (κ3) is 1.14. The minimum Gasteiger partial charge on any atom is -0.365 e. The van der Waals surface area contributed by atoms with E-state index in [2.05, 4.69) is 28.5 Å². The third-order valence-electron chi connectivity index (χ3n) is 4.84. The van der Waals surface area contributed by atoms with Crippen molar-refractivity contribution >= 4 is 5.82 Å². The summed E-state index contributed by atoms with van der Waals surface area (Å²) in [5, 5.41) is 11.7. The Balaban J connectivity index is 1.51. The molecule has 3 aliphatic rings. The molecule has 3 heteroatoms. The Labute approximate surface area is 95.7 Å². The van der Waals surface area contributed by atoms with Crippen LogP contribution in [0.3, 0.4) is 0 Å². The van der Waals surface area contributed by atoms with Crippen molar-refractivity contribution in [3.8, 4) is 0 Å². The molecule has 1 aromatic rings. The van der Waals surface area contributed by atoms with E-state index in [0.29, 0.717) is 6.04 Å². The zero-order valence-electron chi connectivity index (χ0n) is 9.56. The van der Waals surface area contributed by atoms with Gasteiger partial charge < -0.3 is 5.32 Å². The van der Waals surface area contributed by atoms with E-state index < -0.39 is 0 Å². The first kappa shape index (κ1) is 8.97. The molecule has 3 fully saturated rings. The van der Waals surface area contributed by atoms with Crippen LogP contribution in [0.25, 0.3) is 0 Å². The normalized spacial score (nSPS) is 43.2. The van der Waals surface area contributed by atoms with Gasteiger partial charge in [-0.2, -0.15) is 5.10 Å². The molecule has 0 radical (unpaired) electrons. The Morgan fingerprint density at radius 1 is 1.25 bits per heavy atom. The van der Waals surface area contributed by atoms with Crippen molar-refractivity contribution in [3.63, 3.8) is 0 Å². The highest BCUT2D eigenvalue weighted by Gasteiger charge is 2.65. The summed E-state index contributed by atoms with van der Waals surface area (Å²) in [5.41, 5.74) is 1.19. The molecule has 0 aromatic carbocycles. The van der Waals surface area contributed by atoms with E-state index >= 15 is 0 Å². The van der Waals surface area contributed by atoms with Gasteiger partial charge in [-0.3, -0.25) is 0 Å². The Kier molecular flexibility index (Phi) is 1.66.